The molecule has 1 heterocycles. The van der Waals surface area contributed by atoms with Crippen LogP contribution in [0.4, 0.5) is 5.69 Å². The van der Waals surface area contributed by atoms with Crippen molar-refractivity contribution in [2.24, 2.45) is 4.99 Å². The molecule has 4 heteroatoms. The average Bonchev–Trinajstić information content (AvgIpc) is 3.11. The molecule has 4 aromatic rings. The summed E-state index contributed by atoms with van der Waals surface area (Å²) in [7, 11) is 0. The number of hydrogen-bond acceptors (Lipinski definition) is 3. The fourth-order valence-corrected chi connectivity index (χ4v) is 4.17. The Morgan fingerprint density at radius 1 is 1.04 bits per heavy atom. The molecule has 0 aliphatic heterocycles. The minimum Gasteiger partial charge on any atom is -0.504 e. The SMILES string of the molecule is Cc1c[nH]c2c(O)c(N=Cc3ccccc3)cc(SCc3ccccc3)c12. The van der Waals surface area contributed by atoms with Gasteiger partial charge in [-0.25, -0.2) is 0 Å². The van der Waals surface area contributed by atoms with Gasteiger partial charge in [0.1, 0.15) is 5.69 Å². The molecular formula is C23H20N2OS. The highest BCUT2D eigenvalue weighted by atomic mass is 32.2. The predicted molar refractivity (Wildman–Crippen MR) is 114 cm³/mol. The molecule has 0 spiro atoms. The Hall–Kier alpha value is -2.98. The lowest BCUT2D eigenvalue weighted by Gasteiger charge is -2.09. The van der Waals surface area contributed by atoms with E-state index in [1.54, 1.807) is 18.0 Å². The van der Waals surface area contributed by atoms with Crippen LogP contribution in [0.5, 0.6) is 5.75 Å². The zero-order chi connectivity index (χ0) is 18.6. The second-order valence-corrected chi connectivity index (χ2v) is 7.42. The summed E-state index contributed by atoms with van der Waals surface area (Å²) in [6, 6.07) is 22.3. The van der Waals surface area contributed by atoms with E-state index in [1.165, 1.54) is 5.56 Å². The minimum absolute atomic E-state index is 0.189. The highest BCUT2D eigenvalue weighted by Gasteiger charge is 2.15. The van der Waals surface area contributed by atoms with E-state index in [0.29, 0.717) is 5.69 Å². The van der Waals surface area contributed by atoms with Gasteiger partial charge in [0, 0.05) is 28.4 Å². The quantitative estimate of drug-likeness (QED) is 0.322. The van der Waals surface area contributed by atoms with Crippen LogP contribution in [0.2, 0.25) is 0 Å². The molecule has 0 amide bonds. The third-order valence-electron chi connectivity index (χ3n) is 4.46. The Labute approximate surface area is 162 Å². The highest BCUT2D eigenvalue weighted by molar-refractivity contribution is 7.98. The van der Waals surface area contributed by atoms with Gasteiger partial charge in [-0.05, 0) is 29.7 Å². The number of thioether (sulfide) groups is 1. The van der Waals surface area contributed by atoms with Crippen LogP contribution in [0.25, 0.3) is 10.9 Å². The van der Waals surface area contributed by atoms with Crippen LogP contribution in [-0.4, -0.2) is 16.3 Å². The molecular weight excluding hydrogens is 352 g/mol. The molecule has 0 bridgehead atoms. The van der Waals surface area contributed by atoms with E-state index < -0.39 is 0 Å². The van der Waals surface area contributed by atoms with Crippen LogP contribution in [-0.2, 0) is 5.75 Å². The minimum atomic E-state index is 0.189. The molecule has 0 radical (unpaired) electrons. The highest BCUT2D eigenvalue weighted by Crippen LogP contribution is 2.42. The molecule has 0 unspecified atom stereocenters. The number of rotatable bonds is 5. The number of aromatic amines is 1. The second kappa shape index (κ2) is 7.72. The number of nitrogens with one attached hydrogen (secondary N) is 1. The van der Waals surface area contributed by atoms with Crippen LogP contribution >= 0.6 is 11.8 Å². The lowest BCUT2D eigenvalue weighted by atomic mass is 10.1. The maximum absolute atomic E-state index is 10.7. The lowest BCUT2D eigenvalue weighted by molar-refractivity contribution is 0.482. The molecule has 27 heavy (non-hydrogen) atoms. The molecule has 1 aromatic heterocycles. The molecule has 0 fully saturated rings. The van der Waals surface area contributed by atoms with Gasteiger partial charge in [-0.2, -0.15) is 0 Å². The number of hydrogen-bond donors (Lipinski definition) is 2. The first kappa shape index (κ1) is 17.4. The maximum Gasteiger partial charge on any atom is 0.165 e. The maximum atomic E-state index is 10.7. The zero-order valence-corrected chi connectivity index (χ0v) is 15.8. The summed E-state index contributed by atoms with van der Waals surface area (Å²) in [6.07, 6.45) is 3.71. The van der Waals surface area contributed by atoms with Crippen LogP contribution in [0.15, 0.2) is 82.8 Å². The van der Waals surface area contributed by atoms with Gasteiger partial charge in [-0.3, -0.25) is 4.99 Å². The summed E-state index contributed by atoms with van der Waals surface area (Å²) in [4.78, 5) is 8.86. The molecule has 134 valence electrons. The predicted octanol–water partition coefficient (Wildman–Crippen LogP) is 6.22. The first-order valence-electron chi connectivity index (χ1n) is 8.82. The Kier molecular flexibility index (Phi) is 4.99. The van der Waals surface area contributed by atoms with Crippen molar-refractivity contribution < 1.29 is 5.11 Å². The van der Waals surface area contributed by atoms with Gasteiger partial charge in [0.25, 0.3) is 0 Å². The second-order valence-electron chi connectivity index (χ2n) is 6.41. The topological polar surface area (TPSA) is 48.4 Å². The Morgan fingerprint density at radius 2 is 1.74 bits per heavy atom. The van der Waals surface area contributed by atoms with E-state index in [1.807, 2.05) is 48.7 Å². The number of phenolic OH excluding ortho intramolecular Hbond substituents is 1. The van der Waals surface area contributed by atoms with Gasteiger partial charge in [0.05, 0.1) is 5.52 Å². The number of phenols is 1. The van der Waals surface area contributed by atoms with E-state index in [4.69, 9.17) is 0 Å². The fourth-order valence-electron chi connectivity index (χ4n) is 3.05. The largest absolute Gasteiger partial charge is 0.504 e. The molecule has 3 nitrogen and oxygen atoms in total. The van der Waals surface area contributed by atoms with Crippen LogP contribution in [0, 0.1) is 6.92 Å². The standard InChI is InChI=1S/C23H20N2OS/c1-16-13-25-22-21(16)20(27-15-18-10-6-3-7-11-18)12-19(23(22)26)24-14-17-8-4-2-5-9-17/h2-14,25-26H,15H2,1H3. The summed E-state index contributed by atoms with van der Waals surface area (Å²) in [5, 5.41) is 11.8. The van der Waals surface area contributed by atoms with Crippen molar-refractivity contribution in [1.82, 2.24) is 4.98 Å². The Balaban J connectivity index is 1.72. The molecule has 3 aromatic carbocycles. The van der Waals surface area contributed by atoms with E-state index in [-0.39, 0.29) is 5.75 Å². The number of aromatic hydroxyl groups is 1. The van der Waals surface area contributed by atoms with Crippen molar-refractivity contribution in [3.8, 4) is 5.75 Å². The molecule has 2 N–H and O–H groups in total. The Bertz CT molecular complexity index is 1090. The number of aliphatic imine (C=N–C) groups is 1. The van der Waals surface area contributed by atoms with Gasteiger partial charge in [-0.1, -0.05) is 60.7 Å². The van der Waals surface area contributed by atoms with Gasteiger partial charge in [0.15, 0.2) is 5.75 Å². The molecule has 0 saturated heterocycles. The number of nitrogens with zero attached hydrogens (tertiary/aromatic N) is 1. The average molecular weight is 372 g/mol. The van der Waals surface area contributed by atoms with Crippen molar-refractivity contribution in [2.75, 3.05) is 0 Å². The van der Waals surface area contributed by atoms with Gasteiger partial charge < -0.3 is 10.1 Å². The number of H-pyrrole nitrogens is 1. The van der Waals surface area contributed by atoms with E-state index in [0.717, 1.165) is 32.7 Å². The summed E-state index contributed by atoms with van der Waals surface area (Å²) >= 11 is 1.76. The summed E-state index contributed by atoms with van der Waals surface area (Å²) < 4.78 is 0. The number of benzene rings is 3. The van der Waals surface area contributed by atoms with Crippen molar-refractivity contribution in [1.29, 1.82) is 0 Å². The normalized spacial score (nSPS) is 11.4. The number of aromatic nitrogens is 1. The molecule has 0 saturated carbocycles. The summed E-state index contributed by atoms with van der Waals surface area (Å²) in [5.74, 6) is 1.06. The zero-order valence-electron chi connectivity index (χ0n) is 15.0. The van der Waals surface area contributed by atoms with Gasteiger partial charge in [-0.15, -0.1) is 11.8 Å². The summed E-state index contributed by atoms with van der Waals surface area (Å²) in [5.41, 5.74) is 4.70. The smallest absolute Gasteiger partial charge is 0.165 e. The van der Waals surface area contributed by atoms with Crippen LogP contribution in [0.1, 0.15) is 16.7 Å². The summed E-state index contributed by atoms with van der Waals surface area (Å²) in [6.45, 7) is 2.05. The third-order valence-corrected chi connectivity index (χ3v) is 5.57. The van der Waals surface area contributed by atoms with Crippen molar-refractivity contribution in [3.05, 3.63) is 89.6 Å². The first-order valence-corrected chi connectivity index (χ1v) is 9.80. The van der Waals surface area contributed by atoms with Crippen molar-refractivity contribution in [3.63, 3.8) is 0 Å². The van der Waals surface area contributed by atoms with E-state index in [9.17, 15) is 5.11 Å². The van der Waals surface area contributed by atoms with E-state index >= 15 is 0 Å². The Morgan fingerprint density at radius 3 is 2.48 bits per heavy atom. The fraction of sp³-hybridized carbons (Fsp3) is 0.0870. The van der Waals surface area contributed by atoms with E-state index in [2.05, 4.69) is 41.2 Å². The van der Waals surface area contributed by atoms with Crippen molar-refractivity contribution in [2.45, 2.75) is 17.6 Å². The number of aryl methyl sites for hydroxylation is 1. The molecule has 0 aliphatic rings. The lowest BCUT2D eigenvalue weighted by Crippen LogP contribution is -1.84. The first-order chi connectivity index (χ1) is 13.2. The number of fused-ring (bicyclic) bond motifs is 1. The van der Waals surface area contributed by atoms with Crippen LogP contribution < -0.4 is 0 Å². The molecule has 0 aliphatic carbocycles. The van der Waals surface area contributed by atoms with Crippen molar-refractivity contribution >= 4 is 34.6 Å². The van der Waals surface area contributed by atoms with Crippen LogP contribution in [0.3, 0.4) is 0 Å². The molecule has 0 atom stereocenters. The monoisotopic (exact) mass is 372 g/mol. The van der Waals surface area contributed by atoms with Gasteiger partial charge >= 0.3 is 0 Å². The molecule has 4 rings (SSSR count). The third kappa shape index (κ3) is 3.76. The van der Waals surface area contributed by atoms with Gasteiger partial charge in [0.2, 0.25) is 0 Å².